The van der Waals surface area contributed by atoms with E-state index in [1.54, 1.807) is 19.1 Å². The van der Waals surface area contributed by atoms with Gasteiger partial charge in [0.05, 0.1) is 19.1 Å². The normalized spacial score (nSPS) is 14.0. The van der Waals surface area contributed by atoms with Crippen molar-refractivity contribution in [2.45, 2.75) is 6.92 Å². The molecule has 2 aromatic carbocycles. The zero-order chi connectivity index (χ0) is 23.8. The zero-order valence-corrected chi connectivity index (χ0v) is 19.4. The third kappa shape index (κ3) is 3.79. The number of fused-ring (bicyclic) bond motifs is 1. The van der Waals surface area contributed by atoms with Crippen LogP contribution < -0.4 is 15.2 Å². The van der Waals surface area contributed by atoms with Crippen LogP contribution >= 0.6 is 0 Å². The summed E-state index contributed by atoms with van der Waals surface area (Å²) in [5.41, 5.74) is 3.43. The number of benzene rings is 2. The Bertz CT molecular complexity index is 1420. The topological polar surface area (TPSA) is 85.5 Å². The molecule has 0 bridgehead atoms. The maximum absolute atomic E-state index is 13.5. The lowest BCUT2D eigenvalue weighted by Crippen LogP contribution is -2.49. The predicted octanol–water partition coefficient (Wildman–Crippen LogP) is 2.40. The van der Waals surface area contributed by atoms with Crippen molar-refractivity contribution in [3.63, 3.8) is 0 Å². The first kappa shape index (κ1) is 21.7. The molecule has 0 saturated carbocycles. The molecule has 0 aliphatic carbocycles. The Hall–Kier alpha value is -4.14. The van der Waals surface area contributed by atoms with Crippen molar-refractivity contribution < 1.29 is 9.53 Å². The highest BCUT2D eigenvalue weighted by Crippen LogP contribution is 2.24. The summed E-state index contributed by atoms with van der Waals surface area (Å²) in [4.78, 5) is 34.9. The summed E-state index contributed by atoms with van der Waals surface area (Å²) < 4.78 is 8.26. The number of amides is 1. The van der Waals surface area contributed by atoms with Crippen LogP contribution in [0.3, 0.4) is 0 Å². The van der Waals surface area contributed by atoms with Crippen molar-refractivity contribution in [3.8, 4) is 11.4 Å². The number of nitrogens with zero attached hydrogens (tertiary/aromatic N) is 6. The Morgan fingerprint density at radius 3 is 2.44 bits per heavy atom. The molecule has 174 valence electrons. The number of hydrogen-bond donors (Lipinski definition) is 0. The quantitative estimate of drug-likeness (QED) is 0.467. The molecule has 0 spiro atoms. The van der Waals surface area contributed by atoms with Crippen LogP contribution in [0.2, 0.25) is 0 Å². The number of carbonyl (C=O) groups is 1. The first-order valence-corrected chi connectivity index (χ1v) is 11.2. The molecule has 3 heterocycles. The van der Waals surface area contributed by atoms with Gasteiger partial charge in [0.15, 0.2) is 11.2 Å². The first-order valence-electron chi connectivity index (χ1n) is 11.2. The number of aryl methyl sites for hydroxylation is 2. The molecule has 1 amide bonds. The molecule has 0 N–H and O–H groups in total. The smallest absolute Gasteiger partial charge is 0.279 e. The molecule has 1 fully saturated rings. The van der Waals surface area contributed by atoms with E-state index >= 15 is 0 Å². The second kappa shape index (κ2) is 8.66. The number of anilines is 1. The number of methoxy groups -OCH3 is 1. The standard InChI is InChI=1S/C25H26N6O3/c1-17-7-9-18(10-8-17)31-23-21(26-16-28(2)25(23)33)22(27-31)24(32)30-13-11-29(12-14-30)19-5-4-6-20(15-19)34-3/h4-10,15-16H,11-14H2,1-3H3. The van der Waals surface area contributed by atoms with Gasteiger partial charge in [0.1, 0.15) is 11.3 Å². The van der Waals surface area contributed by atoms with Crippen LogP contribution in [0.15, 0.2) is 59.7 Å². The number of piperazine rings is 1. The maximum atomic E-state index is 13.5. The van der Waals surface area contributed by atoms with Crippen LogP contribution in [0.5, 0.6) is 5.75 Å². The van der Waals surface area contributed by atoms with Gasteiger partial charge in [-0.3, -0.25) is 9.59 Å². The molecule has 1 aliphatic heterocycles. The molecule has 4 aromatic rings. The molecular formula is C25H26N6O3. The Kier molecular flexibility index (Phi) is 5.53. The molecular weight excluding hydrogens is 432 g/mol. The summed E-state index contributed by atoms with van der Waals surface area (Å²) in [7, 11) is 3.29. The fourth-order valence-electron chi connectivity index (χ4n) is 4.23. The van der Waals surface area contributed by atoms with Gasteiger partial charge in [0, 0.05) is 45.0 Å². The van der Waals surface area contributed by atoms with E-state index in [2.05, 4.69) is 15.0 Å². The lowest BCUT2D eigenvalue weighted by atomic mass is 10.2. The summed E-state index contributed by atoms with van der Waals surface area (Å²) >= 11 is 0. The maximum Gasteiger partial charge on any atom is 0.279 e. The fourth-order valence-corrected chi connectivity index (χ4v) is 4.23. The van der Waals surface area contributed by atoms with E-state index in [4.69, 9.17) is 4.74 Å². The first-order chi connectivity index (χ1) is 16.5. The molecule has 1 saturated heterocycles. The molecule has 9 heteroatoms. The highest BCUT2D eigenvalue weighted by Gasteiger charge is 2.28. The summed E-state index contributed by atoms with van der Waals surface area (Å²) in [6.45, 7) is 4.45. The van der Waals surface area contributed by atoms with Gasteiger partial charge in [-0.05, 0) is 31.2 Å². The van der Waals surface area contributed by atoms with Crippen LogP contribution in [0.25, 0.3) is 16.7 Å². The van der Waals surface area contributed by atoms with Gasteiger partial charge in [-0.25, -0.2) is 9.67 Å². The highest BCUT2D eigenvalue weighted by atomic mass is 16.5. The lowest BCUT2D eigenvalue weighted by Gasteiger charge is -2.35. The number of carbonyl (C=O) groups excluding carboxylic acids is 1. The molecule has 5 rings (SSSR count). The van der Waals surface area contributed by atoms with Crippen molar-refractivity contribution in [2.75, 3.05) is 38.2 Å². The average molecular weight is 459 g/mol. The molecule has 0 unspecified atom stereocenters. The summed E-state index contributed by atoms with van der Waals surface area (Å²) in [5, 5.41) is 4.59. The Labute approximate surface area is 196 Å². The van der Waals surface area contributed by atoms with Crippen molar-refractivity contribution in [3.05, 3.63) is 76.5 Å². The summed E-state index contributed by atoms with van der Waals surface area (Å²) in [5.74, 6) is 0.582. The minimum atomic E-state index is -0.250. The minimum absolute atomic E-state index is 0.197. The van der Waals surface area contributed by atoms with Gasteiger partial charge in [-0.15, -0.1) is 0 Å². The molecule has 34 heavy (non-hydrogen) atoms. The fraction of sp³-hybridized carbons (Fsp3) is 0.280. The average Bonchev–Trinajstić information content (AvgIpc) is 3.26. The second-order valence-corrected chi connectivity index (χ2v) is 8.43. The Morgan fingerprint density at radius 2 is 1.74 bits per heavy atom. The van der Waals surface area contributed by atoms with E-state index in [1.165, 1.54) is 15.6 Å². The van der Waals surface area contributed by atoms with E-state index in [-0.39, 0.29) is 17.2 Å². The number of hydrogen-bond acceptors (Lipinski definition) is 6. The molecule has 0 radical (unpaired) electrons. The van der Waals surface area contributed by atoms with Gasteiger partial charge in [-0.1, -0.05) is 23.8 Å². The largest absolute Gasteiger partial charge is 0.497 e. The van der Waals surface area contributed by atoms with Gasteiger partial charge in [0.2, 0.25) is 0 Å². The van der Waals surface area contributed by atoms with Gasteiger partial charge in [-0.2, -0.15) is 5.10 Å². The predicted molar refractivity (Wildman–Crippen MR) is 130 cm³/mol. The molecule has 2 aromatic heterocycles. The van der Waals surface area contributed by atoms with E-state index in [1.807, 2.05) is 55.5 Å². The Balaban J connectivity index is 1.45. The molecule has 9 nitrogen and oxygen atoms in total. The van der Waals surface area contributed by atoms with Crippen LogP contribution in [-0.2, 0) is 7.05 Å². The van der Waals surface area contributed by atoms with E-state index < -0.39 is 0 Å². The monoisotopic (exact) mass is 458 g/mol. The van der Waals surface area contributed by atoms with E-state index in [0.29, 0.717) is 42.9 Å². The van der Waals surface area contributed by atoms with Crippen molar-refractivity contribution >= 4 is 22.6 Å². The van der Waals surface area contributed by atoms with Gasteiger partial charge >= 0.3 is 0 Å². The van der Waals surface area contributed by atoms with Crippen LogP contribution in [-0.4, -0.2) is 63.4 Å². The molecule has 1 aliphatic rings. The van der Waals surface area contributed by atoms with E-state index in [0.717, 1.165) is 17.0 Å². The van der Waals surface area contributed by atoms with Crippen LogP contribution in [0.1, 0.15) is 16.1 Å². The number of ether oxygens (including phenoxy) is 1. The molecule has 0 atom stereocenters. The summed E-state index contributed by atoms with van der Waals surface area (Å²) in [6.07, 6.45) is 1.43. The number of aromatic nitrogens is 4. The third-order valence-corrected chi connectivity index (χ3v) is 6.21. The number of rotatable bonds is 4. The van der Waals surface area contributed by atoms with E-state index in [9.17, 15) is 9.59 Å². The van der Waals surface area contributed by atoms with Crippen molar-refractivity contribution in [1.29, 1.82) is 0 Å². The van der Waals surface area contributed by atoms with Crippen LogP contribution in [0.4, 0.5) is 5.69 Å². The highest BCUT2D eigenvalue weighted by molar-refractivity contribution is 6.03. The lowest BCUT2D eigenvalue weighted by molar-refractivity contribution is 0.0742. The SMILES string of the molecule is COc1cccc(N2CCN(C(=O)c3nn(-c4ccc(C)cc4)c4c(=O)n(C)cnc34)CC2)c1. The second-order valence-electron chi connectivity index (χ2n) is 8.43. The van der Waals surface area contributed by atoms with Gasteiger partial charge < -0.3 is 19.1 Å². The Morgan fingerprint density at radius 1 is 1.00 bits per heavy atom. The van der Waals surface area contributed by atoms with Crippen molar-refractivity contribution in [2.24, 2.45) is 7.05 Å². The summed E-state index contributed by atoms with van der Waals surface area (Å²) in [6, 6.07) is 15.6. The van der Waals surface area contributed by atoms with Crippen molar-refractivity contribution in [1.82, 2.24) is 24.2 Å². The van der Waals surface area contributed by atoms with Gasteiger partial charge in [0.25, 0.3) is 11.5 Å². The third-order valence-electron chi connectivity index (χ3n) is 6.21. The minimum Gasteiger partial charge on any atom is -0.497 e. The van der Waals surface area contributed by atoms with Crippen LogP contribution in [0, 0.1) is 6.92 Å². The zero-order valence-electron chi connectivity index (χ0n) is 19.4.